The van der Waals surface area contributed by atoms with Crippen molar-refractivity contribution >= 4 is 0 Å². The molecule has 0 aromatic carbocycles. The van der Waals surface area contributed by atoms with Gasteiger partial charge in [-0.25, -0.2) is 0 Å². The first-order chi connectivity index (χ1) is 7.81. The van der Waals surface area contributed by atoms with E-state index in [-0.39, 0.29) is 6.04 Å². The lowest BCUT2D eigenvalue weighted by molar-refractivity contribution is 0.488. The van der Waals surface area contributed by atoms with Gasteiger partial charge in [0.15, 0.2) is 0 Å². The summed E-state index contributed by atoms with van der Waals surface area (Å²) < 4.78 is 5.30. The minimum atomic E-state index is -0.0240. The number of nitrogens with two attached hydrogens (primary N) is 1. The Bertz CT molecular complexity index is 437. The van der Waals surface area contributed by atoms with Gasteiger partial charge in [0.25, 0.3) is 0 Å². The van der Waals surface area contributed by atoms with Gasteiger partial charge >= 0.3 is 0 Å². The molecule has 2 heterocycles. The highest BCUT2D eigenvalue weighted by molar-refractivity contribution is 5.27. The SMILES string of the molecule is CCc1cnccc1C(N)Cc1ccco1. The Morgan fingerprint density at radius 2 is 2.31 bits per heavy atom. The van der Waals surface area contributed by atoms with Crippen molar-refractivity contribution in [3.05, 3.63) is 53.7 Å². The fraction of sp³-hybridized carbons (Fsp3) is 0.308. The van der Waals surface area contributed by atoms with Crippen LogP contribution in [0.3, 0.4) is 0 Å². The molecule has 0 amide bonds. The van der Waals surface area contributed by atoms with E-state index in [0.717, 1.165) is 24.2 Å². The average Bonchev–Trinajstić information content (AvgIpc) is 2.81. The van der Waals surface area contributed by atoms with Gasteiger partial charge in [0, 0.05) is 24.9 Å². The fourth-order valence-electron chi connectivity index (χ4n) is 1.85. The monoisotopic (exact) mass is 216 g/mol. The zero-order valence-electron chi connectivity index (χ0n) is 9.39. The van der Waals surface area contributed by atoms with Crippen molar-refractivity contribution in [2.45, 2.75) is 25.8 Å². The molecule has 2 aromatic rings. The molecule has 0 aliphatic carbocycles. The summed E-state index contributed by atoms with van der Waals surface area (Å²) in [5.74, 6) is 0.923. The Balaban J connectivity index is 2.17. The summed E-state index contributed by atoms with van der Waals surface area (Å²) in [6.45, 7) is 2.11. The van der Waals surface area contributed by atoms with E-state index in [4.69, 9.17) is 10.2 Å². The van der Waals surface area contributed by atoms with Crippen LogP contribution in [-0.4, -0.2) is 4.98 Å². The van der Waals surface area contributed by atoms with Crippen LogP contribution in [-0.2, 0) is 12.8 Å². The number of nitrogens with zero attached hydrogens (tertiary/aromatic N) is 1. The van der Waals surface area contributed by atoms with Crippen LogP contribution in [0.1, 0.15) is 29.9 Å². The largest absolute Gasteiger partial charge is 0.469 e. The Labute approximate surface area is 95.3 Å². The molecule has 2 aromatic heterocycles. The molecular formula is C13H16N2O. The van der Waals surface area contributed by atoms with E-state index < -0.39 is 0 Å². The highest BCUT2D eigenvalue weighted by Gasteiger charge is 2.12. The maximum absolute atomic E-state index is 6.17. The van der Waals surface area contributed by atoms with E-state index in [0.29, 0.717) is 0 Å². The summed E-state index contributed by atoms with van der Waals surface area (Å²) in [4.78, 5) is 4.12. The molecule has 1 unspecified atom stereocenters. The molecule has 0 saturated carbocycles. The first kappa shape index (κ1) is 10.9. The standard InChI is InChI=1S/C13H16N2O/c1-2-10-9-15-6-5-12(10)13(14)8-11-4-3-7-16-11/h3-7,9,13H,2,8,14H2,1H3. The summed E-state index contributed by atoms with van der Waals surface area (Å²) in [7, 11) is 0. The van der Waals surface area contributed by atoms with Crippen LogP contribution in [0.2, 0.25) is 0 Å². The fourth-order valence-corrected chi connectivity index (χ4v) is 1.85. The van der Waals surface area contributed by atoms with Crippen molar-refractivity contribution < 1.29 is 4.42 Å². The molecule has 1 atom stereocenters. The van der Waals surface area contributed by atoms with Gasteiger partial charge in [-0.2, -0.15) is 0 Å². The van der Waals surface area contributed by atoms with Crippen LogP contribution in [0.25, 0.3) is 0 Å². The molecule has 0 spiro atoms. The van der Waals surface area contributed by atoms with Crippen LogP contribution in [0.5, 0.6) is 0 Å². The van der Waals surface area contributed by atoms with Crippen molar-refractivity contribution in [2.75, 3.05) is 0 Å². The predicted octanol–water partition coefficient (Wildman–Crippen LogP) is 2.48. The minimum Gasteiger partial charge on any atom is -0.469 e. The van der Waals surface area contributed by atoms with Gasteiger partial charge in [0.1, 0.15) is 5.76 Å². The molecule has 2 rings (SSSR count). The van der Waals surface area contributed by atoms with Gasteiger partial charge in [0.05, 0.1) is 6.26 Å². The van der Waals surface area contributed by atoms with Crippen molar-refractivity contribution in [1.82, 2.24) is 4.98 Å². The van der Waals surface area contributed by atoms with Crippen molar-refractivity contribution in [2.24, 2.45) is 5.73 Å². The maximum Gasteiger partial charge on any atom is 0.105 e. The van der Waals surface area contributed by atoms with Gasteiger partial charge in [-0.1, -0.05) is 6.92 Å². The molecule has 0 aliphatic heterocycles. The lowest BCUT2D eigenvalue weighted by atomic mass is 9.98. The quantitative estimate of drug-likeness (QED) is 0.854. The Morgan fingerprint density at radius 3 is 3.00 bits per heavy atom. The first-order valence-corrected chi connectivity index (χ1v) is 5.52. The van der Waals surface area contributed by atoms with Crippen molar-refractivity contribution in [3.8, 4) is 0 Å². The minimum absolute atomic E-state index is 0.0240. The highest BCUT2D eigenvalue weighted by atomic mass is 16.3. The number of furan rings is 1. The summed E-state index contributed by atoms with van der Waals surface area (Å²) >= 11 is 0. The number of aromatic nitrogens is 1. The zero-order valence-corrected chi connectivity index (χ0v) is 9.39. The Kier molecular flexibility index (Phi) is 3.37. The van der Waals surface area contributed by atoms with E-state index in [1.165, 1.54) is 5.56 Å². The highest BCUT2D eigenvalue weighted by Crippen LogP contribution is 2.19. The summed E-state index contributed by atoms with van der Waals surface area (Å²) in [5, 5.41) is 0. The van der Waals surface area contributed by atoms with Crippen LogP contribution in [0.4, 0.5) is 0 Å². The van der Waals surface area contributed by atoms with E-state index in [1.54, 1.807) is 12.5 Å². The lowest BCUT2D eigenvalue weighted by Gasteiger charge is -2.13. The van der Waals surface area contributed by atoms with Crippen molar-refractivity contribution in [3.63, 3.8) is 0 Å². The second-order valence-electron chi connectivity index (χ2n) is 3.82. The third kappa shape index (κ3) is 2.31. The predicted molar refractivity (Wildman–Crippen MR) is 63.0 cm³/mol. The smallest absolute Gasteiger partial charge is 0.105 e. The van der Waals surface area contributed by atoms with Crippen LogP contribution < -0.4 is 5.73 Å². The van der Waals surface area contributed by atoms with Crippen LogP contribution in [0.15, 0.2) is 41.3 Å². The summed E-state index contributed by atoms with van der Waals surface area (Å²) in [6, 6.07) is 5.80. The van der Waals surface area contributed by atoms with Gasteiger partial charge in [-0.05, 0) is 35.7 Å². The van der Waals surface area contributed by atoms with Gasteiger partial charge in [-0.3, -0.25) is 4.98 Å². The second-order valence-corrected chi connectivity index (χ2v) is 3.82. The normalized spacial score (nSPS) is 12.6. The molecule has 0 fully saturated rings. The Morgan fingerprint density at radius 1 is 1.44 bits per heavy atom. The third-order valence-electron chi connectivity index (χ3n) is 2.72. The summed E-state index contributed by atoms with van der Waals surface area (Å²) in [5.41, 5.74) is 8.55. The van der Waals surface area contributed by atoms with E-state index >= 15 is 0 Å². The first-order valence-electron chi connectivity index (χ1n) is 5.52. The molecule has 0 radical (unpaired) electrons. The zero-order chi connectivity index (χ0) is 11.4. The summed E-state index contributed by atoms with van der Waals surface area (Å²) in [6.07, 6.45) is 7.03. The second kappa shape index (κ2) is 4.94. The molecule has 3 heteroatoms. The van der Waals surface area contributed by atoms with Gasteiger partial charge < -0.3 is 10.2 Å². The molecule has 0 aliphatic rings. The average molecular weight is 216 g/mol. The number of hydrogen-bond donors (Lipinski definition) is 1. The number of pyridine rings is 1. The molecule has 3 nitrogen and oxygen atoms in total. The molecule has 16 heavy (non-hydrogen) atoms. The lowest BCUT2D eigenvalue weighted by Crippen LogP contribution is -2.15. The van der Waals surface area contributed by atoms with Crippen LogP contribution in [0, 0.1) is 0 Å². The topological polar surface area (TPSA) is 52.0 Å². The van der Waals surface area contributed by atoms with Gasteiger partial charge in [0.2, 0.25) is 0 Å². The third-order valence-corrected chi connectivity index (χ3v) is 2.72. The number of rotatable bonds is 4. The number of hydrogen-bond acceptors (Lipinski definition) is 3. The molecular weight excluding hydrogens is 200 g/mol. The molecule has 0 saturated heterocycles. The Hall–Kier alpha value is -1.61. The van der Waals surface area contributed by atoms with E-state index in [2.05, 4.69) is 11.9 Å². The maximum atomic E-state index is 6.17. The number of aryl methyl sites for hydroxylation is 1. The molecule has 0 bridgehead atoms. The van der Waals surface area contributed by atoms with Crippen molar-refractivity contribution in [1.29, 1.82) is 0 Å². The van der Waals surface area contributed by atoms with Gasteiger partial charge in [-0.15, -0.1) is 0 Å². The molecule has 2 N–H and O–H groups in total. The molecule has 84 valence electrons. The van der Waals surface area contributed by atoms with E-state index in [1.807, 2.05) is 24.4 Å². The van der Waals surface area contributed by atoms with Crippen LogP contribution >= 0.6 is 0 Å². The van der Waals surface area contributed by atoms with E-state index in [9.17, 15) is 0 Å².